The molecule has 1 atom stereocenters. The maximum Gasteiger partial charge on any atom is 0.236 e. The van der Waals surface area contributed by atoms with Gasteiger partial charge in [0.05, 0.1) is 18.6 Å². The number of hydrogen-bond acceptors (Lipinski definition) is 3. The topological polar surface area (TPSA) is 46.3 Å². The van der Waals surface area contributed by atoms with E-state index in [4.69, 9.17) is 0 Å². The summed E-state index contributed by atoms with van der Waals surface area (Å²) in [7, 11) is 3.97. The highest BCUT2D eigenvalue weighted by molar-refractivity contribution is 5.85. The maximum absolute atomic E-state index is 13.7. The van der Waals surface area contributed by atoms with Crippen LogP contribution in [0.25, 0.3) is 10.9 Å². The van der Waals surface area contributed by atoms with E-state index in [1.54, 1.807) is 18.5 Å². The zero-order valence-corrected chi connectivity index (χ0v) is 21.9. The van der Waals surface area contributed by atoms with Crippen LogP contribution in [0.4, 0.5) is 4.39 Å². The Balaban J connectivity index is 0.00000148. The highest BCUT2D eigenvalue weighted by Crippen LogP contribution is 2.26. The molecule has 0 aliphatic carbocycles. The van der Waals surface area contributed by atoms with Gasteiger partial charge in [-0.15, -0.1) is 0 Å². The first kappa shape index (κ1) is 25.6. The van der Waals surface area contributed by atoms with Crippen molar-refractivity contribution in [1.29, 1.82) is 0 Å². The van der Waals surface area contributed by atoms with Gasteiger partial charge in [0.2, 0.25) is 5.91 Å². The second-order valence-corrected chi connectivity index (χ2v) is 9.47. The summed E-state index contributed by atoms with van der Waals surface area (Å²) in [6, 6.07) is 13.4. The van der Waals surface area contributed by atoms with Crippen LogP contribution >= 0.6 is 0 Å². The van der Waals surface area contributed by atoms with Crippen molar-refractivity contribution in [3.8, 4) is 0 Å². The van der Waals surface area contributed by atoms with E-state index in [1.165, 1.54) is 28.1 Å². The smallest absolute Gasteiger partial charge is 0.236 e. The minimum atomic E-state index is -0.241. The molecular formula is C29H36FN5O. The van der Waals surface area contributed by atoms with Crippen molar-refractivity contribution in [2.75, 3.05) is 20.1 Å². The quantitative estimate of drug-likeness (QED) is 0.392. The van der Waals surface area contributed by atoms with Gasteiger partial charge in [-0.05, 0) is 48.7 Å². The van der Waals surface area contributed by atoms with Gasteiger partial charge in [0.25, 0.3) is 0 Å². The number of likely N-dealkylation sites (N-methyl/N-ethyl adjacent to an activating group) is 1. The average molecular weight is 490 g/mol. The lowest BCUT2D eigenvalue weighted by atomic mass is 10.0. The van der Waals surface area contributed by atoms with Crippen LogP contribution in [0.15, 0.2) is 61.2 Å². The highest BCUT2D eigenvalue weighted by Gasteiger charge is 2.31. The average Bonchev–Trinajstić information content (AvgIpc) is 3.41. The third kappa shape index (κ3) is 5.51. The summed E-state index contributed by atoms with van der Waals surface area (Å²) in [5.74, 6) is -0.115. The Morgan fingerprint density at radius 1 is 1.08 bits per heavy atom. The van der Waals surface area contributed by atoms with Crippen LogP contribution in [-0.4, -0.2) is 56.0 Å². The van der Waals surface area contributed by atoms with E-state index >= 15 is 0 Å². The van der Waals surface area contributed by atoms with E-state index in [0.717, 1.165) is 17.7 Å². The fourth-order valence-corrected chi connectivity index (χ4v) is 5.00. The Labute approximate surface area is 213 Å². The molecule has 2 aromatic heterocycles. The van der Waals surface area contributed by atoms with E-state index in [9.17, 15) is 9.18 Å². The number of piperazine rings is 1. The fraction of sp³-hybridized carbons (Fsp3) is 0.379. The number of rotatable bonds is 6. The number of halogens is 1. The summed E-state index contributed by atoms with van der Waals surface area (Å²) in [4.78, 5) is 21.1. The van der Waals surface area contributed by atoms with Crippen molar-refractivity contribution in [1.82, 2.24) is 23.9 Å². The molecule has 1 fully saturated rings. The molecule has 1 unspecified atom stereocenters. The number of nitrogens with zero attached hydrogens (tertiary/aromatic N) is 5. The first-order valence-electron chi connectivity index (χ1n) is 12.6. The second kappa shape index (κ2) is 11.1. The van der Waals surface area contributed by atoms with Crippen LogP contribution in [-0.2, 0) is 31.4 Å². The van der Waals surface area contributed by atoms with Crippen LogP contribution < -0.4 is 0 Å². The van der Waals surface area contributed by atoms with Crippen molar-refractivity contribution < 1.29 is 9.18 Å². The Hall–Kier alpha value is -3.45. The fourth-order valence-electron chi connectivity index (χ4n) is 5.00. The molecule has 0 radical (unpaired) electrons. The first-order chi connectivity index (χ1) is 17.4. The Bertz CT molecular complexity index is 1340. The number of aryl methyl sites for hydroxylation is 2. The SMILES string of the molecule is CC.Cc1ccc2c(c1)c(CC1CN(C)C(=O)CN1Cc1cncn1Cc1cccc(F)c1)cn2C. The minimum absolute atomic E-state index is 0.126. The van der Waals surface area contributed by atoms with Crippen LogP contribution in [0.5, 0.6) is 0 Å². The van der Waals surface area contributed by atoms with Crippen LogP contribution in [0, 0.1) is 12.7 Å². The second-order valence-electron chi connectivity index (χ2n) is 9.47. The Morgan fingerprint density at radius 2 is 1.89 bits per heavy atom. The van der Waals surface area contributed by atoms with Crippen molar-refractivity contribution in [3.63, 3.8) is 0 Å². The summed E-state index contributed by atoms with van der Waals surface area (Å²) in [5.41, 5.74) is 5.67. The number of imidazole rings is 1. The lowest BCUT2D eigenvalue weighted by molar-refractivity contribution is -0.137. The molecule has 2 aromatic carbocycles. The number of fused-ring (bicyclic) bond motifs is 1. The summed E-state index contributed by atoms with van der Waals surface area (Å²) < 4.78 is 17.9. The summed E-state index contributed by atoms with van der Waals surface area (Å²) >= 11 is 0. The molecule has 4 aromatic rings. The molecule has 7 heteroatoms. The van der Waals surface area contributed by atoms with E-state index in [-0.39, 0.29) is 17.8 Å². The molecule has 36 heavy (non-hydrogen) atoms. The zero-order chi connectivity index (χ0) is 25.8. The minimum Gasteiger partial charge on any atom is -0.350 e. The molecule has 3 heterocycles. The Morgan fingerprint density at radius 3 is 2.67 bits per heavy atom. The molecule has 5 rings (SSSR count). The molecular weight excluding hydrogens is 453 g/mol. The van der Waals surface area contributed by atoms with Gasteiger partial charge in [-0.3, -0.25) is 9.69 Å². The Kier molecular flexibility index (Phi) is 7.89. The third-order valence-electron chi connectivity index (χ3n) is 6.85. The molecule has 0 saturated carbocycles. The molecule has 6 nitrogen and oxygen atoms in total. The van der Waals surface area contributed by atoms with E-state index < -0.39 is 0 Å². The van der Waals surface area contributed by atoms with Gasteiger partial charge in [-0.1, -0.05) is 37.6 Å². The van der Waals surface area contributed by atoms with Crippen LogP contribution in [0.1, 0.15) is 36.2 Å². The van der Waals surface area contributed by atoms with Crippen LogP contribution in [0.3, 0.4) is 0 Å². The van der Waals surface area contributed by atoms with Gasteiger partial charge < -0.3 is 14.0 Å². The highest BCUT2D eigenvalue weighted by atomic mass is 19.1. The number of aromatic nitrogens is 3. The third-order valence-corrected chi connectivity index (χ3v) is 6.85. The molecule has 1 amide bonds. The summed E-state index contributed by atoms with van der Waals surface area (Å²) in [6.45, 7) is 8.33. The van der Waals surface area contributed by atoms with Crippen molar-refractivity contribution >= 4 is 16.8 Å². The number of carbonyl (C=O) groups is 1. The maximum atomic E-state index is 13.7. The molecule has 1 saturated heterocycles. The number of benzene rings is 2. The number of carbonyl (C=O) groups excluding carboxylic acids is 1. The molecule has 190 valence electrons. The van der Waals surface area contributed by atoms with Crippen molar-refractivity contribution in [2.24, 2.45) is 7.05 Å². The normalized spacial score (nSPS) is 16.3. The number of hydrogen-bond donors (Lipinski definition) is 0. The number of amides is 1. The van der Waals surface area contributed by atoms with Crippen LogP contribution in [0.2, 0.25) is 0 Å². The van der Waals surface area contributed by atoms with E-state index in [2.05, 4.69) is 52.8 Å². The molecule has 0 spiro atoms. The first-order valence-corrected chi connectivity index (χ1v) is 12.6. The van der Waals surface area contributed by atoms with Gasteiger partial charge >= 0.3 is 0 Å². The van der Waals surface area contributed by atoms with E-state index in [0.29, 0.717) is 26.2 Å². The zero-order valence-electron chi connectivity index (χ0n) is 21.9. The van der Waals surface area contributed by atoms with Gasteiger partial charge in [-0.2, -0.15) is 0 Å². The lowest BCUT2D eigenvalue weighted by Gasteiger charge is -2.39. The predicted molar refractivity (Wildman–Crippen MR) is 142 cm³/mol. The predicted octanol–water partition coefficient (Wildman–Crippen LogP) is 4.78. The van der Waals surface area contributed by atoms with Gasteiger partial charge in [0, 0.05) is 63.1 Å². The van der Waals surface area contributed by atoms with Gasteiger partial charge in [0.15, 0.2) is 0 Å². The molecule has 1 aliphatic heterocycles. The summed E-state index contributed by atoms with van der Waals surface area (Å²) in [6.07, 6.45) is 6.70. The van der Waals surface area contributed by atoms with E-state index in [1.807, 2.05) is 42.6 Å². The molecule has 1 aliphatic rings. The standard InChI is InChI=1S/C27H30FN5O.C2H6/c1-19-7-8-26-25(9-19)21(14-30(26)2)11-23-15-31(3)27(34)17-32(23)16-24-12-29-18-33(24)13-20-5-4-6-22(28)10-20;1-2/h4-10,12,14,18,23H,11,13,15-17H2,1-3H3;1-2H3. The largest absolute Gasteiger partial charge is 0.350 e. The van der Waals surface area contributed by atoms with Crippen molar-refractivity contribution in [3.05, 3.63) is 89.4 Å². The lowest BCUT2D eigenvalue weighted by Crippen LogP contribution is -2.55. The monoisotopic (exact) mass is 489 g/mol. The van der Waals surface area contributed by atoms with Gasteiger partial charge in [0.1, 0.15) is 5.82 Å². The summed E-state index contributed by atoms with van der Waals surface area (Å²) in [5, 5.41) is 1.28. The van der Waals surface area contributed by atoms with Crippen molar-refractivity contribution in [2.45, 2.75) is 46.3 Å². The molecule has 0 N–H and O–H groups in total. The van der Waals surface area contributed by atoms with Gasteiger partial charge in [-0.25, -0.2) is 9.37 Å². The molecule has 0 bridgehead atoms.